The van der Waals surface area contributed by atoms with Gasteiger partial charge in [0.05, 0.1) is 0 Å². The van der Waals surface area contributed by atoms with Crippen molar-refractivity contribution in [2.75, 3.05) is 13.2 Å². The number of nitrogens with one attached hydrogen (secondary N) is 1. The molecular weight excluding hydrogens is 214 g/mol. The first-order chi connectivity index (χ1) is 8.13. The lowest BCUT2D eigenvalue weighted by atomic mass is 10.1. The van der Waals surface area contributed by atoms with Crippen molar-refractivity contribution in [1.82, 2.24) is 5.32 Å². The summed E-state index contributed by atoms with van der Waals surface area (Å²) in [5, 5.41) is 11.3. The van der Waals surface area contributed by atoms with Gasteiger partial charge in [0.15, 0.2) is 0 Å². The molecule has 0 unspecified atom stereocenters. The first-order valence-electron chi connectivity index (χ1n) is 5.77. The zero-order chi connectivity index (χ0) is 12.7. The number of carbonyl (C=O) groups is 1. The van der Waals surface area contributed by atoms with Gasteiger partial charge in [0, 0.05) is 19.2 Å². The van der Waals surface area contributed by atoms with E-state index < -0.39 is 0 Å². The van der Waals surface area contributed by atoms with Gasteiger partial charge in [-0.1, -0.05) is 23.8 Å². The number of aryl methyl sites for hydroxylation is 2. The van der Waals surface area contributed by atoms with E-state index in [1.54, 1.807) is 0 Å². The predicted molar refractivity (Wildman–Crippen MR) is 69.7 cm³/mol. The Balaban J connectivity index is 2.55. The summed E-state index contributed by atoms with van der Waals surface area (Å²) < 4.78 is 0. The normalized spacial score (nSPS) is 10.8. The zero-order valence-electron chi connectivity index (χ0n) is 10.4. The van der Waals surface area contributed by atoms with E-state index in [9.17, 15) is 4.79 Å². The van der Waals surface area contributed by atoms with E-state index in [0.29, 0.717) is 13.0 Å². The molecule has 0 bridgehead atoms. The maximum Gasteiger partial charge on any atom is 0.244 e. The molecule has 0 aliphatic carbocycles. The van der Waals surface area contributed by atoms with E-state index in [1.165, 1.54) is 11.6 Å². The summed E-state index contributed by atoms with van der Waals surface area (Å²) in [4.78, 5) is 11.4. The van der Waals surface area contributed by atoms with Gasteiger partial charge >= 0.3 is 0 Å². The van der Waals surface area contributed by atoms with Crippen LogP contribution < -0.4 is 5.32 Å². The third-order valence-electron chi connectivity index (χ3n) is 2.47. The molecule has 0 saturated heterocycles. The van der Waals surface area contributed by atoms with Gasteiger partial charge in [0.25, 0.3) is 0 Å². The number of carbonyl (C=O) groups excluding carboxylic acids is 1. The molecule has 0 atom stereocenters. The van der Waals surface area contributed by atoms with Gasteiger partial charge in [-0.3, -0.25) is 4.79 Å². The Morgan fingerprint density at radius 3 is 2.82 bits per heavy atom. The zero-order valence-corrected chi connectivity index (χ0v) is 10.4. The van der Waals surface area contributed by atoms with Crippen LogP contribution >= 0.6 is 0 Å². The van der Waals surface area contributed by atoms with Crippen LogP contribution in [0.1, 0.15) is 23.1 Å². The second kappa shape index (κ2) is 6.86. The van der Waals surface area contributed by atoms with Crippen LogP contribution in [0.4, 0.5) is 0 Å². The largest absolute Gasteiger partial charge is 0.396 e. The van der Waals surface area contributed by atoms with E-state index in [1.807, 2.05) is 32.1 Å². The predicted octanol–water partition coefficient (Wildman–Crippen LogP) is 1.82. The lowest BCUT2D eigenvalue weighted by Crippen LogP contribution is -2.22. The van der Waals surface area contributed by atoms with Crippen LogP contribution in [0.5, 0.6) is 0 Å². The van der Waals surface area contributed by atoms with Crippen molar-refractivity contribution in [3.8, 4) is 0 Å². The van der Waals surface area contributed by atoms with Crippen LogP contribution in [0.2, 0.25) is 0 Å². The Morgan fingerprint density at radius 1 is 1.41 bits per heavy atom. The van der Waals surface area contributed by atoms with E-state index in [-0.39, 0.29) is 12.5 Å². The quantitative estimate of drug-likeness (QED) is 0.602. The van der Waals surface area contributed by atoms with Crippen molar-refractivity contribution in [3.63, 3.8) is 0 Å². The Labute approximate surface area is 102 Å². The van der Waals surface area contributed by atoms with Crippen LogP contribution in [0, 0.1) is 13.8 Å². The van der Waals surface area contributed by atoms with Gasteiger partial charge < -0.3 is 10.4 Å². The Kier molecular flexibility index (Phi) is 5.43. The fraction of sp³-hybridized carbons (Fsp3) is 0.357. The molecule has 1 rings (SSSR count). The molecule has 1 amide bonds. The number of amides is 1. The van der Waals surface area contributed by atoms with Crippen molar-refractivity contribution in [2.24, 2.45) is 0 Å². The number of hydrogen-bond acceptors (Lipinski definition) is 2. The molecule has 1 aromatic rings. The lowest BCUT2D eigenvalue weighted by molar-refractivity contribution is -0.116. The Morgan fingerprint density at radius 2 is 2.18 bits per heavy atom. The standard InChI is InChI=1S/C14H19NO2/c1-11-4-5-13(12(2)10-11)6-7-14(17)15-8-3-9-16/h4-7,10,16H,3,8-9H2,1-2H3,(H,15,17)/b7-6+. The smallest absolute Gasteiger partial charge is 0.244 e. The molecule has 0 fully saturated rings. The summed E-state index contributed by atoms with van der Waals surface area (Å²) in [7, 11) is 0. The van der Waals surface area contributed by atoms with Gasteiger partial charge in [0.1, 0.15) is 0 Å². The van der Waals surface area contributed by atoms with Crippen molar-refractivity contribution in [2.45, 2.75) is 20.3 Å². The number of hydrogen-bond donors (Lipinski definition) is 2. The Hall–Kier alpha value is -1.61. The maximum atomic E-state index is 11.4. The molecule has 92 valence electrons. The average Bonchev–Trinajstić information content (AvgIpc) is 2.28. The maximum absolute atomic E-state index is 11.4. The van der Waals surface area contributed by atoms with E-state index in [4.69, 9.17) is 5.11 Å². The van der Waals surface area contributed by atoms with E-state index in [0.717, 1.165) is 11.1 Å². The van der Waals surface area contributed by atoms with Crippen LogP contribution in [0.15, 0.2) is 24.3 Å². The molecular formula is C14H19NO2. The van der Waals surface area contributed by atoms with Crippen molar-refractivity contribution in [1.29, 1.82) is 0 Å². The van der Waals surface area contributed by atoms with Crippen molar-refractivity contribution < 1.29 is 9.90 Å². The number of benzene rings is 1. The summed E-state index contributed by atoms with van der Waals surface area (Å²) in [5.74, 6) is -0.126. The minimum Gasteiger partial charge on any atom is -0.396 e. The van der Waals surface area contributed by atoms with Gasteiger partial charge in [-0.15, -0.1) is 0 Å². The third-order valence-corrected chi connectivity index (χ3v) is 2.47. The van der Waals surface area contributed by atoms with E-state index >= 15 is 0 Å². The number of aliphatic hydroxyl groups is 1. The minimum absolute atomic E-state index is 0.0983. The highest BCUT2D eigenvalue weighted by atomic mass is 16.3. The molecule has 0 radical (unpaired) electrons. The van der Waals surface area contributed by atoms with Crippen LogP contribution in [-0.2, 0) is 4.79 Å². The number of aliphatic hydroxyl groups excluding tert-OH is 1. The SMILES string of the molecule is Cc1ccc(/C=C/C(=O)NCCCO)c(C)c1. The van der Waals surface area contributed by atoms with Crippen molar-refractivity contribution >= 4 is 12.0 Å². The summed E-state index contributed by atoms with van der Waals surface area (Å²) >= 11 is 0. The molecule has 1 aromatic carbocycles. The molecule has 0 aromatic heterocycles. The highest BCUT2D eigenvalue weighted by Crippen LogP contribution is 2.11. The monoisotopic (exact) mass is 233 g/mol. The van der Waals surface area contributed by atoms with Gasteiger partial charge in [-0.2, -0.15) is 0 Å². The second-order valence-electron chi connectivity index (χ2n) is 4.06. The molecule has 0 saturated carbocycles. The summed E-state index contributed by atoms with van der Waals surface area (Å²) in [5.41, 5.74) is 3.42. The first kappa shape index (κ1) is 13.5. The molecule has 0 aliphatic rings. The van der Waals surface area contributed by atoms with Crippen LogP contribution in [0.3, 0.4) is 0 Å². The lowest BCUT2D eigenvalue weighted by Gasteiger charge is -2.02. The van der Waals surface area contributed by atoms with Crippen LogP contribution in [0.25, 0.3) is 6.08 Å². The fourth-order valence-electron chi connectivity index (χ4n) is 1.53. The molecule has 0 heterocycles. The highest BCUT2D eigenvalue weighted by molar-refractivity contribution is 5.91. The molecule has 2 N–H and O–H groups in total. The fourth-order valence-corrected chi connectivity index (χ4v) is 1.53. The topological polar surface area (TPSA) is 49.3 Å². The van der Waals surface area contributed by atoms with Gasteiger partial charge in [-0.05, 0) is 37.5 Å². The molecule has 0 aliphatic heterocycles. The number of rotatable bonds is 5. The molecule has 0 spiro atoms. The molecule has 3 heteroatoms. The van der Waals surface area contributed by atoms with Gasteiger partial charge in [0.2, 0.25) is 5.91 Å². The van der Waals surface area contributed by atoms with Crippen molar-refractivity contribution in [3.05, 3.63) is 41.0 Å². The summed E-state index contributed by atoms with van der Waals surface area (Å²) in [6.07, 6.45) is 3.92. The summed E-state index contributed by atoms with van der Waals surface area (Å²) in [6, 6.07) is 6.11. The molecule has 17 heavy (non-hydrogen) atoms. The van der Waals surface area contributed by atoms with Crippen LogP contribution in [-0.4, -0.2) is 24.2 Å². The average molecular weight is 233 g/mol. The first-order valence-corrected chi connectivity index (χ1v) is 5.77. The second-order valence-corrected chi connectivity index (χ2v) is 4.06. The highest BCUT2D eigenvalue weighted by Gasteiger charge is 1.97. The third kappa shape index (κ3) is 4.83. The van der Waals surface area contributed by atoms with E-state index in [2.05, 4.69) is 11.4 Å². The summed E-state index contributed by atoms with van der Waals surface area (Å²) in [6.45, 7) is 4.67. The van der Waals surface area contributed by atoms with Gasteiger partial charge in [-0.25, -0.2) is 0 Å². The molecule has 3 nitrogen and oxygen atoms in total. The minimum atomic E-state index is -0.126. The Bertz CT molecular complexity index is 411.